The summed E-state index contributed by atoms with van der Waals surface area (Å²) in [5.41, 5.74) is -0.114. The lowest BCUT2D eigenvalue weighted by Crippen LogP contribution is -2.08. The molecule has 0 fully saturated rings. The fraction of sp³-hybridized carbons (Fsp3) is 0.455. The SMILES string of the molecule is COc1ccc([N+](=O)[O-])c(OCCC(C)O)c1. The lowest BCUT2D eigenvalue weighted by Gasteiger charge is -2.09. The fourth-order valence-electron chi connectivity index (χ4n) is 1.23. The third-order valence-electron chi connectivity index (χ3n) is 2.16. The number of aliphatic hydroxyl groups excluding tert-OH is 1. The molecule has 0 aromatic heterocycles. The molecule has 0 radical (unpaired) electrons. The minimum absolute atomic E-state index is 0.114. The van der Waals surface area contributed by atoms with E-state index in [0.717, 1.165) is 0 Å². The zero-order valence-electron chi connectivity index (χ0n) is 9.75. The van der Waals surface area contributed by atoms with Gasteiger partial charge in [-0.3, -0.25) is 10.1 Å². The van der Waals surface area contributed by atoms with Gasteiger partial charge in [-0.1, -0.05) is 0 Å². The number of nitro groups is 1. The molecule has 0 aliphatic heterocycles. The molecule has 0 saturated carbocycles. The van der Waals surface area contributed by atoms with E-state index >= 15 is 0 Å². The molecule has 0 saturated heterocycles. The summed E-state index contributed by atoms with van der Waals surface area (Å²) in [4.78, 5) is 10.2. The number of hydrogen-bond acceptors (Lipinski definition) is 5. The Bertz CT molecular complexity index is 391. The van der Waals surface area contributed by atoms with Gasteiger partial charge in [0, 0.05) is 18.6 Å². The second kappa shape index (κ2) is 6.05. The average molecular weight is 241 g/mol. The third kappa shape index (κ3) is 3.92. The summed E-state index contributed by atoms with van der Waals surface area (Å²) in [6.07, 6.45) is -0.0892. The van der Waals surface area contributed by atoms with Crippen LogP contribution in [-0.4, -0.2) is 29.9 Å². The first kappa shape index (κ1) is 13.2. The van der Waals surface area contributed by atoms with Crippen molar-refractivity contribution < 1.29 is 19.5 Å². The monoisotopic (exact) mass is 241 g/mol. The highest BCUT2D eigenvalue weighted by Crippen LogP contribution is 2.31. The number of nitro benzene ring substituents is 1. The molecular formula is C11H15NO5. The van der Waals surface area contributed by atoms with E-state index in [1.54, 1.807) is 6.92 Å². The molecule has 0 aliphatic rings. The Kier molecular flexibility index (Phi) is 4.71. The van der Waals surface area contributed by atoms with Gasteiger partial charge in [0.25, 0.3) is 0 Å². The van der Waals surface area contributed by atoms with Crippen molar-refractivity contribution in [2.24, 2.45) is 0 Å². The van der Waals surface area contributed by atoms with Crippen molar-refractivity contribution in [2.75, 3.05) is 13.7 Å². The summed E-state index contributed by atoms with van der Waals surface area (Å²) in [7, 11) is 1.47. The van der Waals surface area contributed by atoms with Crippen LogP contribution in [0.15, 0.2) is 18.2 Å². The largest absolute Gasteiger partial charge is 0.497 e. The molecule has 0 heterocycles. The minimum atomic E-state index is -0.517. The molecule has 17 heavy (non-hydrogen) atoms. The molecule has 0 bridgehead atoms. The Labute approximate surface area is 98.9 Å². The van der Waals surface area contributed by atoms with E-state index in [0.29, 0.717) is 12.2 Å². The van der Waals surface area contributed by atoms with Crippen molar-refractivity contribution in [3.8, 4) is 11.5 Å². The van der Waals surface area contributed by atoms with Crippen LogP contribution in [0.2, 0.25) is 0 Å². The summed E-state index contributed by atoms with van der Waals surface area (Å²) in [6.45, 7) is 1.84. The predicted octanol–water partition coefficient (Wildman–Crippen LogP) is 1.75. The molecule has 1 aromatic carbocycles. The summed E-state index contributed by atoms with van der Waals surface area (Å²) in [5, 5.41) is 19.8. The number of nitrogens with zero attached hydrogens (tertiary/aromatic N) is 1. The first-order chi connectivity index (χ1) is 8.04. The lowest BCUT2D eigenvalue weighted by atomic mass is 10.2. The molecular weight excluding hydrogens is 226 g/mol. The maximum atomic E-state index is 10.8. The minimum Gasteiger partial charge on any atom is -0.497 e. The fourth-order valence-corrected chi connectivity index (χ4v) is 1.23. The molecule has 1 atom stereocenters. The van der Waals surface area contributed by atoms with Gasteiger partial charge in [0.2, 0.25) is 5.75 Å². The zero-order valence-corrected chi connectivity index (χ0v) is 9.75. The van der Waals surface area contributed by atoms with Crippen molar-refractivity contribution in [2.45, 2.75) is 19.4 Å². The van der Waals surface area contributed by atoms with E-state index < -0.39 is 11.0 Å². The van der Waals surface area contributed by atoms with Crippen LogP contribution in [0.5, 0.6) is 11.5 Å². The Balaban J connectivity index is 2.82. The number of rotatable bonds is 6. The van der Waals surface area contributed by atoms with E-state index in [9.17, 15) is 10.1 Å². The summed E-state index contributed by atoms with van der Waals surface area (Å²) in [6, 6.07) is 4.29. The molecule has 6 nitrogen and oxygen atoms in total. The van der Waals surface area contributed by atoms with Crippen LogP contribution in [-0.2, 0) is 0 Å². The Morgan fingerprint density at radius 3 is 2.76 bits per heavy atom. The van der Waals surface area contributed by atoms with E-state index in [2.05, 4.69) is 0 Å². The molecule has 94 valence electrons. The van der Waals surface area contributed by atoms with Crippen LogP contribution in [0.3, 0.4) is 0 Å². The van der Waals surface area contributed by atoms with Crippen LogP contribution in [0, 0.1) is 10.1 Å². The maximum Gasteiger partial charge on any atom is 0.311 e. The molecule has 0 aliphatic carbocycles. The molecule has 6 heteroatoms. The maximum absolute atomic E-state index is 10.8. The highest BCUT2D eigenvalue weighted by Gasteiger charge is 2.16. The van der Waals surface area contributed by atoms with Gasteiger partial charge in [-0.15, -0.1) is 0 Å². The van der Waals surface area contributed by atoms with Crippen molar-refractivity contribution in [3.63, 3.8) is 0 Å². The number of benzene rings is 1. The topological polar surface area (TPSA) is 81.8 Å². The van der Waals surface area contributed by atoms with Crippen LogP contribution < -0.4 is 9.47 Å². The second-order valence-corrected chi connectivity index (χ2v) is 3.58. The summed E-state index contributed by atoms with van der Waals surface area (Å²) < 4.78 is 10.2. The number of methoxy groups -OCH3 is 1. The molecule has 1 rings (SSSR count). The Morgan fingerprint density at radius 2 is 2.24 bits per heavy atom. The first-order valence-electron chi connectivity index (χ1n) is 5.18. The normalized spacial score (nSPS) is 11.9. The first-order valence-corrected chi connectivity index (χ1v) is 5.18. The van der Waals surface area contributed by atoms with E-state index in [1.807, 2.05) is 0 Å². The van der Waals surface area contributed by atoms with Gasteiger partial charge in [0.15, 0.2) is 0 Å². The highest BCUT2D eigenvalue weighted by molar-refractivity contribution is 5.50. The van der Waals surface area contributed by atoms with Crippen molar-refractivity contribution in [3.05, 3.63) is 28.3 Å². The third-order valence-corrected chi connectivity index (χ3v) is 2.16. The van der Waals surface area contributed by atoms with Crippen molar-refractivity contribution in [1.82, 2.24) is 0 Å². The molecule has 0 spiro atoms. The lowest BCUT2D eigenvalue weighted by molar-refractivity contribution is -0.385. The second-order valence-electron chi connectivity index (χ2n) is 3.58. The molecule has 0 amide bonds. The van der Waals surface area contributed by atoms with Gasteiger partial charge in [0.05, 0.1) is 24.7 Å². The highest BCUT2D eigenvalue weighted by atomic mass is 16.6. The quantitative estimate of drug-likeness (QED) is 0.606. The Hall–Kier alpha value is -1.82. The number of ether oxygens (including phenoxy) is 2. The number of aliphatic hydroxyl groups is 1. The van der Waals surface area contributed by atoms with E-state index in [-0.39, 0.29) is 18.0 Å². The van der Waals surface area contributed by atoms with Crippen LogP contribution >= 0.6 is 0 Å². The van der Waals surface area contributed by atoms with Crippen molar-refractivity contribution in [1.29, 1.82) is 0 Å². The van der Waals surface area contributed by atoms with Gasteiger partial charge in [-0.05, 0) is 13.0 Å². The van der Waals surface area contributed by atoms with Crippen molar-refractivity contribution >= 4 is 5.69 Å². The van der Waals surface area contributed by atoms with Gasteiger partial charge in [0.1, 0.15) is 5.75 Å². The molecule has 1 unspecified atom stereocenters. The summed E-state index contributed by atoms with van der Waals surface area (Å²) in [5.74, 6) is 0.637. The standard InChI is InChI=1S/C11H15NO5/c1-8(13)5-6-17-11-7-9(16-2)3-4-10(11)12(14)15/h3-4,7-8,13H,5-6H2,1-2H3. The van der Waals surface area contributed by atoms with Crippen LogP contribution in [0.1, 0.15) is 13.3 Å². The van der Waals surface area contributed by atoms with Crippen LogP contribution in [0.25, 0.3) is 0 Å². The van der Waals surface area contributed by atoms with Gasteiger partial charge >= 0.3 is 5.69 Å². The molecule has 1 N–H and O–H groups in total. The molecule has 1 aromatic rings. The van der Waals surface area contributed by atoms with Gasteiger partial charge in [-0.2, -0.15) is 0 Å². The van der Waals surface area contributed by atoms with E-state index in [4.69, 9.17) is 14.6 Å². The van der Waals surface area contributed by atoms with E-state index in [1.165, 1.54) is 25.3 Å². The smallest absolute Gasteiger partial charge is 0.311 e. The number of hydrogen-bond donors (Lipinski definition) is 1. The Morgan fingerprint density at radius 1 is 1.53 bits per heavy atom. The van der Waals surface area contributed by atoms with Gasteiger partial charge < -0.3 is 14.6 Å². The van der Waals surface area contributed by atoms with Gasteiger partial charge in [-0.25, -0.2) is 0 Å². The predicted molar refractivity (Wildman–Crippen MR) is 61.4 cm³/mol. The van der Waals surface area contributed by atoms with Crippen LogP contribution in [0.4, 0.5) is 5.69 Å². The average Bonchev–Trinajstić information content (AvgIpc) is 2.28. The summed E-state index contributed by atoms with van der Waals surface area (Å²) >= 11 is 0. The zero-order chi connectivity index (χ0) is 12.8.